The number of benzene rings is 2. The SMILES string of the molecule is CN1/C(=C/C(=O)COC(=O)c2cccc(S(=O)(=O)N(C)C)c2)C(C)(C)c2ccccc21. The summed E-state index contributed by atoms with van der Waals surface area (Å²) in [5, 5.41) is 0. The summed E-state index contributed by atoms with van der Waals surface area (Å²) >= 11 is 0. The van der Waals surface area contributed by atoms with Crippen LogP contribution in [0.5, 0.6) is 0 Å². The van der Waals surface area contributed by atoms with Gasteiger partial charge in [-0.2, -0.15) is 0 Å². The molecular formula is C23H26N2O5S. The van der Waals surface area contributed by atoms with Crippen molar-refractivity contribution >= 4 is 27.5 Å². The highest BCUT2D eigenvalue weighted by molar-refractivity contribution is 7.89. The van der Waals surface area contributed by atoms with E-state index in [2.05, 4.69) is 0 Å². The Kier molecular flexibility index (Phi) is 6.07. The van der Waals surface area contributed by atoms with E-state index in [0.29, 0.717) is 0 Å². The number of carbonyl (C=O) groups is 2. The second kappa shape index (κ2) is 8.28. The van der Waals surface area contributed by atoms with Gasteiger partial charge in [0.2, 0.25) is 10.0 Å². The summed E-state index contributed by atoms with van der Waals surface area (Å²) < 4.78 is 30.7. The number of hydrogen-bond acceptors (Lipinski definition) is 6. The van der Waals surface area contributed by atoms with Gasteiger partial charge >= 0.3 is 5.97 Å². The van der Waals surface area contributed by atoms with Crippen molar-refractivity contribution in [2.45, 2.75) is 24.2 Å². The van der Waals surface area contributed by atoms with E-state index in [1.165, 1.54) is 44.4 Å². The molecule has 164 valence electrons. The zero-order valence-electron chi connectivity index (χ0n) is 18.2. The fourth-order valence-electron chi connectivity index (χ4n) is 3.67. The van der Waals surface area contributed by atoms with Crippen molar-refractivity contribution in [1.29, 1.82) is 0 Å². The number of anilines is 1. The van der Waals surface area contributed by atoms with Gasteiger partial charge in [0, 0.05) is 44.0 Å². The van der Waals surface area contributed by atoms with E-state index >= 15 is 0 Å². The maximum absolute atomic E-state index is 12.6. The van der Waals surface area contributed by atoms with Gasteiger partial charge in [0.05, 0.1) is 10.5 Å². The van der Waals surface area contributed by atoms with E-state index < -0.39 is 22.6 Å². The quantitative estimate of drug-likeness (QED) is 0.505. The lowest BCUT2D eigenvalue weighted by molar-refractivity contribution is -0.117. The standard InChI is InChI=1S/C23H26N2O5S/c1-23(2)19-11-6-7-12-20(19)25(5)21(23)14-17(26)15-30-22(27)16-9-8-10-18(13-16)31(28,29)24(3)4/h6-14H,15H2,1-5H3/b21-14+. The van der Waals surface area contributed by atoms with Gasteiger partial charge in [0.25, 0.3) is 0 Å². The largest absolute Gasteiger partial charge is 0.454 e. The molecule has 0 spiro atoms. The number of sulfonamides is 1. The number of carbonyl (C=O) groups excluding carboxylic acids is 2. The topological polar surface area (TPSA) is 84.0 Å². The molecule has 8 heteroatoms. The van der Waals surface area contributed by atoms with Gasteiger partial charge < -0.3 is 9.64 Å². The molecule has 0 aliphatic carbocycles. The number of ether oxygens (including phenoxy) is 1. The van der Waals surface area contributed by atoms with Crippen LogP contribution in [0.3, 0.4) is 0 Å². The first kappa shape index (κ1) is 22.7. The molecule has 0 amide bonds. The third kappa shape index (κ3) is 4.26. The fourth-order valence-corrected chi connectivity index (χ4v) is 4.62. The minimum absolute atomic E-state index is 0.0208. The molecule has 0 unspecified atom stereocenters. The van der Waals surface area contributed by atoms with Crippen LogP contribution in [0.2, 0.25) is 0 Å². The van der Waals surface area contributed by atoms with Crippen LogP contribution in [0.15, 0.2) is 65.2 Å². The van der Waals surface area contributed by atoms with Gasteiger partial charge in [-0.15, -0.1) is 0 Å². The average Bonchev–Trinajstić information content (AvgIpc) is 2.93. The molecule has 2 aromatic rings. The van der Waals surface area contributed by atoms with Crippen molar-refractivity contribution in [2.75, 3.05) is 32.6 Å². The molecule has 0 N–H and O–H groups in total. The molecule has 0 fully saturated rings. The highest BCUT2D eigenvalue weighted by Gasteiger charge is 2.38. The molecule has 0 bridgehead atoms. The maximum atomic E-state index is 12.6. The third-order valence-electron chi connectivity index (χ3n) is 5.43. The van der Waals surface area contributed by atoms with Gasteiger partial charge in [-0.3, -0.25) is 4.79 Å². The van der Waals surface area contributed by atoms with Crippen molar-refractivity contribution < 1.29 is 22.7 Å². The van der Waals surface area contributed by atoms with E-state index in [1.54, 1.807) is 0 Å². The lowest BCUT2D eigenvalue weighted by atomic mass is 9.83. The number of hydrogen-bond donors (Lipinski definition) is 0. The Morgan fingerprint density at radius 3 is 2.42 bits per heavy atom. The Morgan fingerprint density at radius 2 is 1.77 bits per heavy atom. The van der Waals surface area contributed by atoms with E-state index in [-0.39, 0.29) is 21.7 Å². The number of fused-ring (bicyclic) bond motifs is 1. The minimum Gasteiger partial charge on any atom is -0.454 e. The van der Waals surface area contributed by atoms with Crippen molar-refractivity contribution in [3.05, 3.63) is 71.4 Å². The van der Waals surface area contributed by atoms with Crippen molar-refractivity contribution in [3.8, 4) is 0 Å². The predicted octanol–water partition coefficient (Wildman–Crippen LogP) is 2.97. The molecule has 2 aromatic carbocycles. The number of allylic oxidation sites excluding steroid dienone is 1. The number of esters is 1. The van der Waals surface area contributed by atoms with Gasteiger partial charge in [-0.1, -0.05) is 38.1 Å². The van der Waals surface area contributed by atoms with Crippen LogP contribution < -0.4 is 4.90 Å². The smallest absolute Gasteiger partial charge is 0.338 e. The first-order valence-corrected chi connectivity index (χ1v) is 11.2. The summed E-state index contributed by atoms with van der Waals surface area (Å²) in [6.45, 7) is 3.64. The Bertz CT molecular complexity index is 1170. The molecule has 7 nitrogen and oxygen atoms in total. The van der Waals surface area contributed by atoms with Crippen molar-refractivity contribution in [2.24, 2.45) is 0 Å². The molecule has 1 aliphatic rings. The minimum atomic E-state index is -3.68. The van der Waals surface area contributed by atoms with Crippen LogP contribution in [-0.4, -0.2) is 52.2 Å². The highest BCUT2D eigenvalue weighted by atomic mass is 32.2. The zero-order valence-corrected chi connectivity index (χ0v) is 19.1. The highest BCUT2D eigenvalue weighted by Crippen LogP contribution is 2.46. The first-order valence-electron chi connectivity index (χ1n) is 9.74. The Labute approximate surface area is 183 Å². The zero-order chi connectivity index (χ0) is 23.0. The molecule has 1 heterocycles. The van der Waals surface area contributed by atoms with E-state index in [1.807, 2.05) is 50.1 Å². The van der Waals surface area contributed by atoms with Gasteiger partial charge in [-0.05, 0) is 29.8 Å². The predicted molar refractivity (Wildman–Crippen MR) is 119 cm³/mol. The van der Waals surface area contributed by atoms with Crippen LogP contribution in [0.25, 0.3) is 0 Å². The van der Waals surface area contributed by atoms with Crippen LogP contribution >= 0.6 is 0 Å². The number of para-hydroxylation sites is 1. The summed E-state index contributed by atoms with van der Waals surface area (Å²) in [5.74, 6) is -1.11. The van der Waals surface area contributed by atoms with Crippen molar-refractivity contribution in [3.63, 3.8) is 0 Å². The molecule has 1 aliphatic heterocycles. The summed E-state index contributed by atoms with van der Waals surface area (Å²) in [5.41, 5.74) is 2.66. The summed E-state index contributed by atoms with van der Waals surface area (Å²) in [4.78, 5) is 26.9. The molecule has 0 saturated heterocycles. The Hall–Kier alpha value is -2.97. The molecular weight excluding hydrogens is 416 g/mol. The second-order valence-electron chi connectivity index (χ2n) is 8.09. The van der Waals surface area contributed by atoms with Crippen molar-refractivity contribution in [1.82, 2.24) is 4.31 Å². The lowest BCUT2D eigenvalue weighted by Crippen LogP contribution is -2.25. The molecule has 0 atom stereocenters. The van der Waals surface area contributed by atoms with Gasteiger partial charge in [-0.25, -0.2) is 17.5 Å². The lowest BCUT2D eigenvalue weighted by Gasteiger charge is -2.23. The summed E-state index contributed by atoms with van der Waals surface area (Å²) in [6.07, 6.45) is 1.50. The summed E-state index contributed by atoms with van der Waals surface area (Å²) in [7, 11) is 1.03. The number of rotatable bonds is 6. The second-order valence-corrected chi connectivity index (χ2v) is 10.2. The van der Waals surface area contributed by atoms with Crippen LogP contribution in [0.4, 0.5) is 5.69 Å². The molecule has 0 aromatic heterocycles. The normalized spacial score (nSPS) is 16.5. The van der Waals surface area contributed by atoms with Gasteiger partial charge in [0.15, 0.2) is 12.4 Å². The van der Waals surface area contributed by atoms with Crippen LogP contribution in [0.1, 0.15) is 29.8 Å². The maximum Gasteiger partial charge on any atom is 0.338 e. The Balaban J connectivity index is 1.73. The molecule has 31 heavy (non-hydrogen) atoms. The van der Waals surface area contributed by atoms with Gasteiger partial charge in [0.1, 0.15) is 0 Å². The fraction of sp³-hybridized carbons (Fsp3) is 0.304. The molecule has 0 radical (unpaired) electrons. The van der Waals surface area contributed by atoms with Crippen LogP contribution in [-0.2, 0) is 25.0 Å². The average molecular weight is 443 g/mol. The molecule has 3 rings (SSSR count). The molecule has 0 saturated carbocycles. The van der Waals surface area contributed by atoms with E-state index in [9.17, 15) is 18.0 Å². The third-order valence-corrected chi connectivity index (χ3v) is 7.24. The van der Waals surface area contributed by atoms with E-state index in [0.717, 1.165) is 21.3 Å². The van der Waals surface area contributed by atoms with Crippen LogP contribution in [0, 0.1) is 0 Å². The monoisotopic (exact) mass is 442 g/mol. The first-order chi connectivity index (χ1) is 14.5. The summed E-state index contributed by atoms with van der Waals surface area (Å²) in [6, 6.07) is 13.5. The number of ketones is 1. The number of likely N-dealkylation sites (N-methyl/N-ethyl adjacent to an activating group) is 1. The van der Waals surface area contributed by atoms with E-state index in [4.69, 9.17) is 4.74 Å². The number of nitrogens with zero attached hydrogens (tertiary/aromatic N) is 2. The Morgan fingerprint density at radius 1 is 1.10 bits per heavy atom.